The molecule has 0 radical (unpaired) electrons. The first-order valence-corrected chi connectivity index (χ1v) is 5.64. The number of hydrogen-bond donors (Lipinski definition) is 0. The van der Waals surface area contributed by atoms with Gasteiger partial charge in [0.15, 0.2) is 0 Å². The van der Waals surface area contributed by atoms with Crippen LogP contribution in [-0.2, 0) is 18.1 Å². The number of rotatable bonds is 1. The number of hydrogen-bond acceptors (Lipinski definition) is 4. The molecule has 12 heavy (non-hydrogen) atoms. The molecule has 3 rings (SSSR count). The van der Waals surface area contributed by atoms with Crippen LogP contribution >= 0.6 is 7.82 Å². The van der Waals surface area contributed by atoms with Gasteiger partial charge in [-0.1, -0.05) is 13.8 Å². The molecule has 1 unspecified atom stereocenters. The van der Waals surface area contributed by atoms with E-state index in [9.17, 15) is 4.57 Å². The topological polar surface area (TPSA) is 44.8 Å². The average Bonchev–Trinajstić information content (AvgIpc) is 2.04. The van der Waals surface area contributed by atoms with E-state index in [2.05, 4.69) is 13.8 Å². The Labute approximate surface area is 71.8 Å². The standard InChI is InChI=1S/C7H13O4P/c1-5(2)7-6-3-9-12(8,11-7)10-4-6/h5-7H,3-4H2,1-2H3. The summed E-state index contributed by atoms with van der Waals surface area (Å²) in [6.07, 6.45) is 0.0401. The second-order valence-electron chi connectivity index (χ2n) is 3.61. The largest absolute Gasteiger partial charge is 0.475 e. The van der Waals surface area contributed by atoms with Gasteiger partial charge in [-0.05, 0) is 5.92 Å². The molecular formula is C7H13O4P. The first-order valence-electron chi connectivity index (χ1n) is 4.18. The van der Waals surface area contributed by atoms with Gasteiger partial charge in [0, 0.05) is 5.92 Å². The molecule has 3 heterocycles. The van der Waals surface area contributed by atoms with Crippen molar-refractivity contribution >= 4 is 7.82 Å². The Morgan fingerprint density at radius 1 is 1.33 bits per heavy atom. The van der Waals surface area contributed by atoms with E-state index in [4.69, 9.17) is 13.6 Å². The second kappa shape index (κ2) is 2.81. The first kappa shape index (κ1) is 8.70. The maximum absolute atomic E-state index is 11.5. The highest BCUT2D eigenvalue weighted by Gasteiger charge is 2.47. The van der Waals surface area contributed by atoms with Gasteiger partial charge in [-0.3, -0.25) is 13.6 Å². The minimum atomic E-state index is -3.14. The summed E-state index contributed by atoms with van der Waals surface area (Å²) in [5, 5.41) is 0. The lowest BCUT2D eigenvalue weighted by Crippen LogP contribution is -2.42. The summed E-state index contributed by atoms with van der Waals surface area (Å²) in [5.41, 5.74) is 0. The van der Waals surface area contributed by atoms with E-state index in [0.717, 1.165) is 0 Å². The van der Waals surface area contributed by atoms with Crippen LogP contribution in [0.5, 0.6) is 0 Å². The Hall–Kier alpha value is 0.110. The smallest absolute Gasteiger partial charge is 0.286 e. The molecule has 5 heteroatoms. The molecule has 4 nitrogen and oxygen atoms in total. The zero-order chi connectivity index (χ0) is 8.77. The molecule has 1 atom stereocenters. The Kier molecular flexibility index (Phi) is 2.04. The normalized spacial score (nSPS) is 46.9. The van der Waals surface area contributed by atoms with Crippen LogP contribution in [0.15, 0.2) is 0 Å². The lowest BCUT2D eigenvalue weighted by atomic mass is 9.95. The van der Waals surface area contributed by atoms with Gasteiger partial charge >= 0.3 is 7.82 Å². The third-order valence-corrected chi connectivity index (χ3v) is 3.70. The zero-order valence-electron chi connectivity index (χ0n) is 7.23. The van der Waals surface area contributed by atoms with Gasteiger partial charge in [0.2, 0.25) is 0 Å². The van der Waals surface area contributed by atoms with Crippen LogP contribution in [0.2, 0.25) is 0 Å². The van der Waals surface area contributed by atoms with Crippen molar-refractivity contribution in [1.29, 1.82) is 0 Å². The molecule has 3 aliphatic rings. The molecule has 0 aromatic carbocycles. The van der Waals surface area contributed by atoms with Crippen LogP contribution in [0.4, 0.5) is 0 Å². The van der Waals surface area contributed by atoms with E-state index in [1.807, 2.05) is 0 Å². The highest BCUT2D eigenvalue weighted by atomic mass is 31.2. The maximum Gasteiger partial charge on any atom is 0.475 e. The molecule has 0 amide bonds. The Morgan fingerprint density at radius 3 is 2.25 bits per heavy atom. The molecule has 0 aromatic heterocycles. The fraction of sp³-hybridized carbons (Fsp3) is 1.00. The molecule has 0 N–H and O–H groups in total. The highest BCUT2D eigenvalue weighted by Crippen LogP contribution is 2.59. The van der Waals surface area contributed by atoms with Gasteiger partial charge in [0.05, 0.1) is 19.3 Å². The van der Waals surface area contributed by atoms with Crippen molar-refractivity contribution < 1.29 is 18.1 Å². The van der Waals surface area contributed by atoms with Crippen molar-refractivity contribution in [1.82, 2.24) is 0 Å². The number of phosphoric ester groups is 1. The predicted octanol–water partition coefficient (Wildman–Crippen LogP) is 1.81. The van der Waals surface area contributed by atoms with Crippen LogP contribution in [0.1, 0.15) is 13.8 Å². The summed E-state index contributed by atoms with van der Waals surface area (Å²) < 4.78 is 26.6. The molecule has 2 bridgehead atoms. The van der Waals surface area contributed by atoms with Gasteiger partial charge in [0.25, 0.3) is 0 Å². The number of phosphoric acid groups is 1. The minimum Gasteiger partial charge on any atom is -0.286 e. The molecule has 70 valence electrons. The monoisotopic (exact) mass is 192 g/mol. The lowest BCUT2D eigenvalue weighted by Gasteiger charge is -2.42. The van der Waals surface area contributed by atoms with Gasteiger partial charge in [-0.25, -0.2) is 4.57 Å². The third kappa shape index (κ3) is 1.33. The molecule has 0 aliphatic carbocycles. The summed E-state index contributed by atoms with van der Waals surface area (Å²) in [6, 6.07) is 0. The molecular weight excluding hydrogens is 179 g/mol. The Balaban J connectivity index is 2.16. The van der Waals surface area contributed by atoms with Crippen LogP contribution in [0, 0.1) is 11.8 Å². The summed E-state index contributed by atoms with van der Waals surface area (Å²) >= 11 is 0. The predicted molar refractivity (Wildman–Crippen MR) is 42.7 cm³/mol. The van der Waals surface area contributed by atoms with Crippen LogP contribution in [0.3, 0.4) is 0 Å². The maximum atomic E-state index is 11.5. The molecule has 0 saturated carbocycles. The van der Waals surface area contributed by atoms with E-state index in [1.54, 1.807) is 0 Å². The van der Waals surface area contributed by atoms with Crippen molar-refractivity contribution in [3.8, 4) is 0 Å². The van der Waals surface area contributed by atoms with E-state index in [0.29, 0.717) is 19.1 Å². The molecule has 3 fully saturated rings. The SMILES string of the molecule is CC(C)C1OP2(=O)OCC1CO2. The summed E-state index contributed by atoms with van der Waals surface area (Å²) in [6.45, 7) is 5.14. The molecule has 3 saturated heterocycles. The lowest BCUT2D eigenvalue weighted by molar-refractivity contribution is -0.0918. The van der Waals surface area contributed by atoms with Crippen molar-refractivity contribution in [2.45, 2.75) is 20.0 Å². The van der Waals surface area contributed by atoms with Gasteiger partial charge in [-0.15, -0.1) is 0 Å². The van der Waals surface area contributed by atoms with E-state index >= 15 is 0 Å². The van der Waals surface area contributed by atoms with Crippen LogP contribution in [0.25, 0.3) is 0 Å². The summed E-state index contributed by atoms with van der Waals surface area (Å²) in [5.74, 6) is 0.622. The van der Waals surface area contributed by atoms with Crippen LogP contribution < -0.4 is 0 Å². The van der Waals surface area contributed by atoms with Crippen molar-refractivity contribution in [3.05, 3.63) is 0 Å². The fourth-order valence-electron chi connectivity index (χ4n) is 1.61. The minimum absolute atomic E-state index is 0.0401. The Bertz CT molecular complexity index is 215. The van der Waals surface area contributed by atoms with Gasteiger partial charge in [-0.2, -0.15) is 0 Å². The van der Waals surface area contributed by atoms with Crippen molar-refractivity contribution in [2.75, 3.05) is 13.2 Å². The second-order valence-corrected chi connectivity index (χ2v) is 5.23. The van der Waals surface area contributed by atoms with Gasteiger partial charge < -0.3 is 0 Å². The van der Waals surface area contributed by atoms with Crippen molar-refractivity contribution in [3.63, 3.8) is 0 Å². The summed E-state index contributed by atoms with van der Waals surface area (Å²) in [4.78, 5) is 0. The average molecular weight is 192 g/mol. The van der Waals surface area contributed by atoms with Gasteiger partial charge in [0.1, 0.15) is 0 Å². The molecule has 0 spiro atoms. The quantitative estimate of drug-likeness (QED) is 0.594. The zero-order valence-corrected chi connectivity index (χ0v) is 8.12. The first-order chi connectivity index (χ1) is 5.61. The fourth-order valence-corrected chi connectivity index (χ4v) is 3.27. The Morgan fingerprint density at radius 2 is 1.92 bits per heavy atom. The van der Waals surface area contributed by atoms with E-state index in [1.165, 1.54) is 0 Å². The van der Waals surface area contributed by atoms with Crippen molar-refractivity contribution in [2.24, 2.45) is 11.8 Å². The van der Waals surface area contributed by atoms with E-state index in [-0.39, 0.29) is 12.0 Å². The van der Waals surface area contributed by atoms with Crippen LogP contribution in [-0.4, -0.2) is 19.3 Å². The molecule has 3 aliphatic heterocycles. The number of fused-ring (bicyclic) bond motifs is 3. The third-order valence-electron chi connectivity index (χ3n) is 2.27. The highest BCUT2D eigenvalue weighted by molar-refractivity contribution is 7.48. The summed E-state index contributed by atoms with van der Waals surface area (Å²) in [7, 11) is -3.14. The molecule has 0 aromatic rings. The van der Waals surface area contributed by atoms with E-state index < -0.39 is 7.82 Å².